The van der Waals surface area contributed by atoms with Crippen LogP contribution in [-0.4, -0.2) is 16.9 Å². The van der Waals surface area contributed by atoms with Crippen molar-refractivity contribution in [1.82, 2.24) is 0 Å². The molecule has 0 aromatic heterocycles. The summed E-state index contributed by atoms with van der Waals surface area (Å²) in [4.78, 5) is 24.5. The summed E-state index contributed by atoms with van der Waals surface area (Å²) in [6, 6.07) is 0. The summed E-state index contributed by atoms with van der Waals surface area (Å²) in [5.41, 5.74) is 3.10. The Hall–Kier alpha value is -1.64. The molecular weight excluding hydrogens is 324 g/mol. The molecule has 5 rings (SSSR count). The number of hydrogen-bond acceptors (Lipinski definition) is 2. The molecule has 0 aliphatic heterocycles. The second kappa shape index (κ2) is 6.21. The summed E-state index contributed by atoms with van der Waals surface area (Å²) >= 11 is 0. The Kier molecular flexibility index (Phi) is 3.95. The highest BCUT2D eigenvalue weighted by atomic mass is 16.4. The van der Waals surface area contributed by atoms with Gasteiger partial charge in [-0.15, -0.1) is 0 Å². The summed E-state index contributed by atoms with van der Waals surface area (Å²) < 4.78 is 0. The summed E-state index contributed by atoms with van der Waals surface area (Å²) in [7, 11) is 0. The smallest absolute Gasteiger partial charge is 0.314 e. The molecule has 0 bridgehead atoms. The summed E-state index contributed by atoms with van der Waals surface area (Å²) in [5.74, 6) is 0.699. The van der Waals surface area contributed by atoms with Crippen LogP contribution >= 0.6 is 0 Å². The van der Waals surface area contributed by atoms with Gasteiger partial charge in [0, 0.05) is 17.8 Å². The SMILES string of the molecule is O=C(O)C1CCC2CCC3C4C=CC5CCCC=C5C4=CCC3C2C1=O. The Bertz CT molecular complexity index is 728. The van der Waals surface area contributed by atoms with Gasteiger partial charge in [-0.3, -0.25) is 9.59 Å². The number of carboxylic acids is 1. The first-order valence-electron chi connectivity index (χ1n) is 10.5. The lowest BCUT2D eigenvalue weighted by Crippen LogP contribution is -2.49. The van der Waals surface area contributed by atoms with Crippen LogP contribution in [-0.2, 0) is 9.59 Å². The number of aliphatic carboxylic acids is 1. The van der Waals surface area contributed by atoms with Gasteiger partial charge >= 0.3 is 5.97 Å². The first kappa shape index (κ1) is 16.5. The van der Waals surface area contributed by atoms with E-state index in [4.69, 9.17) is 0 Å². The Balaban J connectivity index is 1.47. The fourth-order valence-corrected chi connectivity index (χ4v) is 6.83. The van der Waals surface area contributed by atoms with Gasteiger partial charge in [0.15, 0.2) is 5.78 Å². The van der Waals surface area contributed by atoms with Crippen molar-refractivity contribution in [2.45, 2.75) is 51.4 Å². The Morgan fingerprint density at radius 2 is 1.81 bits per heavy atom. The van der Waals surface area contributed by atoms with Crippen molar-refractivity contribution < 1.29 is 14.7 Å². The predicted molar refractivity (Wildman–Crippen MR) is 99.3 cm³/mol. The summed E-state index contributed by atoms with van der Waals surface area (Å²) in [6.07, 6.45) is 18.2. The van der Waals surface area contributed by atoms with E-state index in [1.165, 1.54) is 31.3 Å². The van der Waals surface area contributed by atoms with Crippen LogP contribution < -0.4 is 0 Å². The number of carbonyl (C=O) groups excluding carboxylic acids is 1. The average molecular weight is 352 g/mol. The third-order valence-corrected chi connectivity index (χ3v) is 7.98. The van der Waals surface area contributed by atoms with Crippen molar-refractivity contribution >= 4 is 11.8 Å². The van der Waals surface area contributed by atoms with Crippen LogP contribution in [0.4, 0.5) is 0 Å². The van der Waals surface area contributed by atoms with Gasteiger partial charge in [0.1, 0.15) is 5.92 Å². The normalized spacial score (nSPS) is 44.0. The third-order valence-electron chi connectivity index (χ3n) is 7.98. The van der Waals surface area contributed by atoms with E-state index >= 15 is 0 Å². The Morgan fingerprint density at radius 1 is 0.962 bits per heavy atom. The minimum Gasteiger partial charge on any atom is -0.481 e. The van der Waals surface area contributed by atoms with Crippen molar-refractivity contribution in [3.05, 3.63) is 35.5 Å². The number of rotatable bonds is 1. The van der Waals surface area contributed by atoms with E-state index in [2.05, 4.69) is 24.3 Å². The molecule has 3 nitrogen and oxygen atoms in total. The highest BCUT2D eigenvalue weighted by Crippen LogP contribution is 2.56. The van der Waals surface area contributed by atoms with Crippen LogP contribution in [0.25, 0.3) is 0 Å². The average Bonchev–Trinajstić information content (AvgIpc) is 2.66. The number of Topliss-reactive ketones (excluding diaryl/α,β-unsaturated/α-hetero) is 1. The van der Waals surface area contributed by atoms with Gasteiger partial charge in [-0.1, -0.05) is 24.3 Å². The summed E-state index contributed by atoms with van der Waals surface area (Å²) in [5, 5.41) is 9.46. The van der Waals surface area contributed by atoms with E-state index in [9.17, 15) is 14.7 Å². The molecule has 3 heteroatoms. The molecule has 0 heterocycles. The van der Waals surface area contributed by atoms with E-state index in [0.29, 0.717) is 36.0 Å². The van der Waals surface area contributed by atoms with Gasteiger partial charge in [-0.2, -0.15) is 0 Å². The van der Waals surface area contributed by atoms with E-state index in [-0.39, 0.29) is 11.7 Å². The number of carboxylic acid groups (broad SMARTS) is 1. The van der Waals surface area contributed by atoms with Crippen molar-refractivity contribution in [1.29, 1.82) is 0 Å². The van der Waals surface area contributed by atoms with Crippen LogP contribution in [0.1, 0.15) is 51.4 Å². The van der Waals surface area contributed by atoms with E-state index < -0.39 is 11.9 Å². The van der Waals surface area contributed by atoms with E-state index in [1.807, 2.05) is 0 Å². The van der Waals surface area contributed by atoms with Crippen molar-refractivity contribution in [2.75, 3.05) is 0 Å². The maximum Gasteiger partial charge on any atom is 0.314 e. The van der Waals surface area contributed by atoms with Crippen LogP contribution in [0.2, 0.25) is 0 Å². The first-order chi connectivity index (χ1) is 12.6. The molecule has 5 aliphatic rings. The fourth-order valence-electron chi connectivity index (χ4n) is 6.83. The van der Waals surface area contributed by atoms with Crippen LogP contribution in [0.15, 0.2) is 35.5 Å². The lowest BCUT2D eigenvalue weighted by Gasteiger charge is -2.51. The Labute approximate surface area is 155 Å². The molecule has 26 heavy (non-hydrogen) atoms. The molecule has 0 radical (unpaired) electrons. The number of ketones is 1. The van der Waals surface area contributed by atoms with Gasteiger partial charge in [0.25, 0.3) is 0 Å². The zero-order chi connectivity index (χ0) is 17.8. The quantitative estimate of drug-likeness (QED) is 0.556. The van der Waals surface area contributed by atoms with Gasteiger partial charge < -0.3 is 5.11 Å². The molecule has 0 spiro atoms. The molecule has 7 unspecified atom stereocenters. The molecule has 0 saturated heterocycles. The molecule has 0 amide bonds. The highest BCUT2D eigenvalue weighted by molar-refractivity contribution is 6.00. The largest absolute Gasteiger partial charge is 0.481 e. The van der Waals surface area contributed by atoms with Crippen molar-refractivity contribution in [2.24, 2.45) is 41.4 Å². The Morgan fingerprint density at radius 3 is 2.65 bits per heavy atom. The maximum absolute atomic E-state index is 13.0. The predicted octanol–water partition coefficient (Wildman–Crippen LogP) is 4.55. The zero-order valence-corrected chi connectivity index (χ0v) is 15.3. The molecule has 0 aromatic rings. The van der Waals surface area contributed by atoms with Gasteiger partial charge in [-0.05, 0) is 80.3 Å². The molecule has 2 saturated carbocycles. The molecule has 138 valence electrons. The monoisotopic (exact) mass is 352 g/mol. The summed E-state index contributed by atoms with van der Waals surface area (Å²) in [6.45, 7) is 0. The van der Waals surface area contributed by atoms with Gasteiger partial charge in [0.2, 0.25) is 0 Å². The second-order valence-corrected chi connectivity index (χ2v) is 9.06. The van der Waals surface area contributed by atoms with Crippen LogP contribution in [0.5, 0.6) is 0 Å². The second-order valence-electron chi connectivity index (χ2n) is 9.06. The first-order valence-corrected chi connectivity index (χ1v) is 10.5. The van der Waals surface area contributed by atoms with Crippen LogP contribution in [0.3, 0.4) is 0 Å². The number of allylic oxidation sites excluding steroid dienone is 6. The zero-order valence-electron chi connectivity index (χ0n) is 15.3. The lowest BCUT2D eigenvalue weighted by atomic mass is 9.52. The number of fused-ring (bicyclic) bond motifs is 7. The van der Waals surface area contributed by atoms with Gasteiger partial charge in [0.05, 0.1) is 0 Å². The molecule has 5 aliphatic carbocycles. The molecule has 2 fully saturated rings. The van der Waals surface area contributed by atoms with Crippen molar-refractivity contribution in [3.63, 3.8) is 0 Å². The number of carbonyl (C=O) groups is 2. The number of hydrogen-bond donors (Lipinski definition) is 1. The van der Waals surface area contributed by atoms with E-state index in [1.54, 1.807) is 5.57 Å². The maximum atomic E-state index is 13.0. The molecule has 1 N–H and O–H groups in total. The molecule has 0 aromatic carbocycles. The molecular formula is C23H28O3. The minimum absolute atomic E-state index is 0.0205. The topological polar surface area (TPSA) is 54.4 Å². The molecule has 7 atom stereocenters. The van der Waals surface area contributed by atoms with E-state index in [0.717, 1.165) is 19.3 Å². The van der Waals surface area contributed by atoms with Gasteiger partial charge in [-0.25, -0.2) is 0 Å². The standard InChI is InChI=1S/C23H28O3/c24-22-20(23(25)26)10-7-14-6-9-18-17-8-5-13-3-1-2-4-15(13)16(17)11-12-19(18)21(14)22/h4-5,8,11,13-14,17-21H,1-3,6-7,9-10,12H2,(H,25,26). The van der Waals surface area contributed by atoms with Crippen LogP contribution in [0, 0.1) is 41.4 Å². The highest BCUT2D eigenvalue weighted by Gasteiger charge is 2.52. The minimum atomic E-state index is -0.907. The fraction of sp³-hybridized carbons (Fsp3) is 0.652. The third kappa shape index (κ3) is 2.39. The lowest BCUT2D eigenvalue weighted by molar-refractivity contribution is -0.153. The van der Waals surface area contributed by atoms with Crippen molar-refractivity contribution in [3.8, 4) is 0 Å².